The lowest BCUT2D eigenvalue weighted by Crippen LogP contribution is -2.08. The van der Waals surface area contributed by atoms with Crippen molar-refractivity contribution >= 4 is 0 Å². The predicted molar refractivity (Wildman–Crippen MR) is 48.5 cm³/mol. The van der Waals surface area contributed by atoms with Crippen LogP contribution in [0.1, 0.15) is 18.4 Å². The third-order valence-electron chi connectivity index (χ3n) is 1.99. The molecule has 0 fully saturated rings. The second-order valence-electron chi connectivity index (χ2n) is 3.14. The molecule has 0 saturated heterocycles. The molecule has 0 aliphatic heterocycles. The van der Waals surface area contributed by atoms with Crippen LogP contribution in [0, 0.1) is 5.82 Å². The van der Waals surface area contributed by atoms with Gasteiger partial charge in [-0.3, -0.25) is 0 Å². The minimum atomic E-state index is -2.96. The Labute approximate surface area is 85.3 Å². The van der Waals surface area contributed by atoms with E-state index in [1.807, 2.05) is 0 Å². The molecule has 1 aromatic carbocycles. The summed E-state index contributed by atoms with van der Waals surface area (Å²) in [6.45, 7) is -1.63. The number of rotatable bonds is 4. The highest BCUT2D eigenvalue weighted by atomic mass is 19.3. The number of aliphatic hydroxyl groups excluding tert-OH is 1. The van der Waals surface area contributed by atoms with Gasteiger partial charge in [0.2, 0.25) is 0 Å². The summed E-state index contributed by atoms with van der Waals surface area (Å²) >= 11 is 0. The second-order valence-corrected chi connectivity index (χ2v) is 3.14. The number of hydrogen-bond acceptors (Lipinski definition) is 2. The van der Waals surface area contributed by atoms with Crippen LogP contribution in [0.3, 0.4) is 0 Å². The number of aliphatic hydroxyl groups is 1. The van der Waals surface area contributed by atoms with Crippen LogP contribution in [0.15, 0.2) is 18.2 Å². The average Bonchev–Trinajstić information content (AvgIpc) is 2.19. The fourth-order valence-electron chi connectivity index (χ4n) is 1.21. The molecule has 1 atom stereocenters. The van der Waals surface area contributed by atoms with E-state index >= 15 is 0 Å². The molecular formula is C10H11F3O2. The summed E-state index contributed by atoms with van der Waals surface area (Å²) in [6.07, 6.45) is 0. The summed E-state index contributed by atoms with van der Waals surface area (Å²) < 4.78 is 41.0. The van der Waals surface area contributed by atoms with Crippen LogP contribution in [0.4, 0.5) is 13.2 Å². The number of alkyl halides is 2. The highest BCUT2D eigenvalue weighted by Gasteiger charge is 2.15. The van der Waals surface area contributed by atoms with Crippen LogP contribution in [0.5, 0.6) is 5.75 Å². The molecule has 2 nitrogen and oxygen atoms in total. The molecule has 1 unspecified atom stereocenters. The zero-order valence-corrected chi connectivity index (χ0v) is 8.08. The number of benzene rings is 1. The lowest BCUT2D eigenvalue weighted by atomic mass is 10.0. The van der Waals surface area contributed by atoms with Crippen LogP contribution in [-0.2, 0) is 0 Å². The van der Waals surface area contributed by atoms with Crippen molar-refractivity contribution in [1.29, 1.82) is 0 Å². The Hall–Kier alpha value is -1.23. The monoisotopic (exact) mass is 220 g/mol. The van der Waals surface area contributed by atoms with E-state index < -0.39 is 18.3 Å². The molecule has 0 spiro atoms. The van der Waals surface area contributed by atoms with E-state index in [9.17, 15) is 13.2 Å². The Morgan fingerprint density at radius 3 is 2.60 bits per heavy atom. The topological polar surface area (TPSA) is 29.5 Å². The van der Waals surface area contributed by atoms with Crippen molar-refractivity contribution in [2.75, 3.05) is 6.61 Å². The largest absolute Gasteiger partial charge is 0.435 e. The predicted octanol–water partition coefficient (Wildman–Crippen LogP) is 2.52. The van der Waals surface area contributed by atoms with E-state index in [2.05, 4.69) is 4.74 Å². The van der Waals surface area contributed by atoms with Crippen LogP contribution in [0.25, 0.3) is 0 Å². The Morgan fingerprint density at radius 2 is 2.07 bits per heavy atom. The maximum atomic E-state index is 12.9. The normalized spacial score (nSPS) is 12.9. The molecule has 0 aromatic heterocycles. The van der Waals surface area contributed by atoms with E-state index in [1.54, 1.807) is 6.92 Å². The number of ether oxygens (including phenoxy) is 1. The van der Waals surface area contributed by atoms with Crippen molar-refractivity contribution in [2.24, 2.45) is 0 Å². The van der Waals surface area contributed by atoms with Crippen molar-refractivity contribution in [2.45, 2.75) is 19.5 Å². The summed E-state index contributed by atoms with van der Waals surface area (Å²) in [5, 5.41) is 8.87. The van der Waals surface area contributed by atoms with Gasteiger partial charge in [-0.2, -0.15) is 8.78 Å². The van der Waals surface area contributed by atoms with Gasteiger partial charge in [-0.05, 0) is 18.2 Å². The van der Waals surface area contributed by atoms with Gasteiger partial charge < -0.3 is 9.84 Å². The molecule has 0 radical (unpaired) electrons. The van der Waals surface area contributed by atoms with Crippen molar-refractivity contribution < 1.29 is 23.0 Å². The summed E-state index contributed by atoms with van der Waals surface area (Å²) in [5.41, 5.74) is 0.234. The third kappa shape index (κ3) is 3.13. The third-order valence-corrected chi connectivity index (χ3v) is 1.99. The van der Waals surface area contributed by atoms with E-state index in [0.29, 0.717) is 0 Å². The van der Waals surface area contributed by atoms with Gasteiger partial charge in [0.05, 0.1) is 0 Å². The van der Waals surface area contributed by atoms with Crippen molar-refractivity contribution in [3.05, 3.63) is 29.6 Å². The molecule has 0 heterocycles. The van der Waals surface area contributed by atoms with Gasteiger partial charge in [-0.15, -0.1) is 0 Å². The van der Waals surface area contributed by atoms with Gasteiger partial charge in [0.15, 0.2) is 0 Å². The molecule has 5 heteroatoms. The standard InChI is InChI=1S/C10H11F3O2/c1-6(5-14)8-4-7(11)2-3-9(8)15-10(12)13/h2-4,6,10,14H,5H2,1H3. The Bertz CT molecular complexity index is 328. The molecule has 15 heavy (non-hydrogen) atoms. The average molecular weight is 220 g/mol. The molecule has 1 N–H and O–H groups in total. The minimum absolute atomic E-state index is 0.104. The molecule has 0 aliphatic rings. The van der Waals surface area contributed by atoms with E-state index in [4.69, 9.17) is 5.11 Å². The molecule has 0 aliphatic carbocycles. The van der Waals surface area contributed by atoms with Gasteiger partial charge >= 0.3 is 6.61 Å². The first-order valence-corrected chi connectivity index (χ1v) is 4.39. The molecule has 0 bridgehead atoms. The fraction of sp³-hybridized carbons (Fsp3) is 0.400. The zero-order chi connectivity index (χ0) is 11.4. The minimum Gasteiger partial charge on any atom is -0.435 e. The van der Waals surface area contributed by atoms with E-state index in [-0.39, 0.29) is 17.9 Å². The molecule has 84 valence electrons. The summed E-state index contributed by atoms with van der Waals surface area (Å²) in [5.74, 6) is -1.10. The summed E-state index contributed by atoms with van der Waals surface area (Å²) in [6, 6.07) is 3.24. The molecule has 1 aromatic rings. The lowest BCUT2D eigenvalue weighted by molar-refractivity contribution is -0.0507. The van der Waals surface area contributed by atoms with E-state index in [1.165, 1.54) is 0 Å². The van der Waals surface area contributed by atoms with Gasteiger partial charge in [-0.1, -0.05) is 6.92 Å². The first kappa shape index (κ1) is 11.8. The highest BCUT2D eigenvalue weighted by Crippen LogP contribution is 2.28. The maximum Gasteiger partial charge on any atom is 0.387 e. The number of hydrogen-bond donors (Lipinski definition) is 1. The van der Waals surface area contributed by atoms with Crippen molar-refractivity contribution in [1.82, 2.24) is 0 Å². The van der Waals surface area contributed by atoms with Crippen LogP contribution < -0.4 is 4.74 Å². The second kappa shape index (κ2) is 5.02. The van der Waals surface area contributed by atoms with Crippen LogP contribution in [0.2, 0.25) is 0 Å². The van der Waals surface area contributed by atoms with Gasteiger partial charge in [0.1, 0.15) is 11.6 Å². The first-order chi connectivity index (χ1) is 7.04. The van der Waals surface area contributed by atoms with Crippen molar-refractivity contribution in [3.63, 3.8) is 0 Å². The molecule has 0 saturated carbocycles. The first-order valence-electron chi connectivity index (χ1n) is 4.39. The smallest absolute Gasteiger partial charge is 0.387 e. The molecule has 0 amide bonds. The van der Waals surface area contributed by atoms with Crippen molar-refractivity contribution in [3.8, 4) is 5.75 Å². The van der Waals surface area contributed by atoms with Crippen LogP contribution in [-0.4, -0.2) is 18.3 Å². The maximum absolute atomic E-state index is 12.9. The summed E-state index contributed by atoms with van der Waals surface area (Å²) in [7, 11) is 0. The number of halogens is 3. The fourth-order valence-corrected chi connectivity index (χ4v) is 1.21. The quantitative estimate of drug-likeness (QED) is 0.844. The summed E-state index contributed by atoms with van der Waals surface area (Å²) in [4.78, 5) is 0. The highest BCUT2D eigenvalue weighted by molar-refractivity contribution is 5.36. The van der Waals surface area contributed by atoms with E-state index in [0.717, 1.165) is 18.2 Å². The zero-order valence-electron chi connectivity index (χ0n) is 8.08. The van der Waals surface area contributed by atoms with Gasteiger partial charge in [0, 0.05) is 18.1 Å². The van der Waals surface area contributed by atoms with Crippen LogP contribution >= 0.6 is 0 Å². The Kier molecular flexibility index (Phi) is 3.96. The Balaban J connectivity index is 3.02. The lowest BCUT2D eigenvalue weighted by Gasteiger charge is -2.14. The molecule has 1 rings (SSSR count). The van der Waals surface area contributed by atoms with Gasteiger partial charge in [-0.25, -0.2) is 4.39 Å². The molecular weight excluding hydrogens is 209 g/mol. The van der Waals surface area contributed by atoms with Gasteiger partial charge in [0.25, 0.3) is 0 Å². The Morgan fingerprint density at radius 1 is 1.40 bits per heavy atom. The SMILES string of the molecule is CC(CO)c1cc(F)ccc1OC(F)F.